The molecule has 0 aliphatic carbocycles. The summed E-state index contributed by atoms with van der Waals surface area (Å²) in [5, 5.41) is 0. The van der Waals surface area contributed by atoms with Crippen molar-refractivity contribution < 1.29 is 0 Å². The third-order valence-corrected chi connectivity index (χ3v) is 7.08. The van der Waals surface area contributed by atoms with Crippen LogP contribution in [0.3, 0.4) is 0 Å². The lowest BCUT2D eigenvalue weighted by molar-refractivity contribution is 1.33. The molecule has 6 aromatic rings. The first-order valence-electron chi connectivity index (χ1n) is 12.3. The summed E-state index contributed by atoms with van der Waals surface area (Å²) in [6.07, 6.45) is 1.84. The maximum absolute atomic E-state index is 4.50. The van der Waals surface area contributed by atoms with Gasteiger partial charge in [0.2, 0.25) is 0 Å². The molecule has 2 heteroatoms. The summed E-state index contributed by atoms with van der Waals surface area (Å²) >= 11 is 3.59. The Kier molecular flexibility index (Phi) is 6.49. The van der Waals surface area contributed by atoms with Crippen LogP contribution in [0.15, 0.2) is 150 Å². The molecular weight excluding hydrogens is 514 g/mol. The van der Waals surface area contributed by atoms with Crippen molar-refractivity contribution in [3.8, 4) is 55.8 Å². The van der Waals surface area contributed by atoms with E-state index in [-0.39, 0.29) is 0 Å². The molecule has 0 saturated heterocycles. The van der Waals surface area contributed by atoms with Crippen LogP contribution >= 0.6 is 15.9 Å². The van der Waals surface area contributed by atoms with Gasteiger partial charge in [0.25, 0.3) is 0 Å². The van der Waals surface area contributed by atoms with Crippen molar-refractivity contribution in [2.75, 3.05) is 0 Å². The number of hydrogen-bond donors (Lipinski definition) is 0. The highest BCUT2D eigenvalue weighted by Gasteiger charge is 2.07. The molecule has 0 atom stereocenters. The van der Waals surface area contributed by atoms with Crippen molar-refractivity contribution in [1.82, 2.24) is 4.98 Å². The minimum absolute atomic E-state index is 0.988. The van der Waals surface area contributed by atoms with Crippen molar-refractivity contribution in [2.24, 2.45) is 0 Å². The number of hydrogen-bond acceptors (Lipinski definition) is 1. The zero-order chi connectivity index (χ0) is 25.0. The van der Waals surface area contributed by atoms with Gasteiger partial charge < -0.3 is 0 Å². The molecule has 1 aromatic heterocycles. The molecule has 1 heterocycles. The van der Waals surface area contributed by atoms with E-state index >= 15 is 0 Å². The van der Waals surface area contributed by atoms with Gasteiger partial charge in [-0.05, 0) is 87.0 Å². The number of aromatic nitrogens is 1. The third-order valence-electron chi connectivity index (χ3n) is 6.59. The molecule has 176 valence electrons. The second-order valence-corrected chi connectivity index (χ2v) is 9.96. The Balaban J connectivity index is 1.28. The standard InChI is InChI=1S/C35H24BrN/c36-34-14-6-12-32(24-34)31-11-4-10-30(22-31)29-9-3-7-27(21-29)25-16-18-26(19-17-25)28-8-5-13-33(23-28)35-15-1-2-20-37-35/h1-24H. The molecule has 6 rings (SSSR count). The molecule has 0 N–H and O–H groups in total. The minimum Gasteiger partial charge on any atom is -0.256 e. The van der Waals surface area contributed by atoms with Gasteiger partial charge in [-0.3, -0.25) is 4.98 Å². The fourth-order valence-electron chi connectivity index (χ4n) is 4.67. The van der Waals surface area contributed by atoms with Crippen LogP contribution in [0, 0.1) is 0 Å². The van der Waals surface area contributed by atoms with E-state index in [0.29, 0.717) is 0 Å². The molecule has 0 aliphatic rings. The fraction of sp³-hybridized carbons (Fsp3) is 0. The van der Waals surface area contributed by atoms with Crippen molar-refractivity contribution >= 4 is 15.9 Å². The average Bonchev–Trinajstić information content (AvgIpc) is 2.98. The second kappa shape index (κ2) is 10.4. The Morgan fingerprint density at radius 3 is 1.27 bits per heavy atom. The predicted octanol–water partition coefficient (Wildman–Crippen LogP) is 10.2. The minimum atomic E-state index is 0.988. The smallest absolute Gasteiger partial charge is 0.0702 e. The van der Waals surface area contributed by atoms with Gasteiger partial charge in [0.05, 0.1) is 5.69 Å². The first-order chi connectivity index (χ1) is 18.2. The Morgan fingerprint density at radius 1 is 0.351 bits per heavy atom. The molecule has 0 radical (unpaired) electrons. The van der Waals surface area contributed by atoms with E-state index in [1.54, 1.807) is 0 Å². The lowest BCUT2D eigenvalue weighted by Crippen LogP contribution is -1.85. The number of nitrogens with zero attached hydrogens (tertiary/aromatic N) is 1. The van der Waals surface area contributed by atoms with Gasteiger partial charge in [0.15, 0.2) is 0 Å². The average molecular weight is 538 g/mol. The van der Waals surface area contributed by atoms with Gasteiger partial charge in [-0.2, -0.15) is 0 Å². The zero-order valence-corrected chi connectivity index (χ0v) is 21.8. The summed E-state index contributed by atoms with van der Waals surface area (Å²) in [7, 11) is 0. The summed E-state index contributed by atoms with van der Waals surface area (Å²) < 4.78 is 1.09. The first kappa shape index (κ1) is 23.1. The molecule has 0 unspecified atom stereocenters. The van der Waals surface area contributed by atoms with Crippen LogP contribution in [0.25, 0.3) is 55.8 Å². The van der Waals surface area contributed by atoms with Crippen LogP contribution < -0.4 is 0 Å². The van der Waals surface area contributed by atoms with Gasteiger partial charge in [-0.15, -0.1) is 0 Å². The number of rotatable bonds is 5. The van der Waals surface area contributed by atoms with Gasteiger partial charge in [0, 0.05) is 16.2 Å². The summed E-state index contributed by atoms with van der Waals surface area (Å²) in [6.45, 7) is 0. The van der Waals surface area contributed by atoms with Crippen LogP contribution in [0.5, 0.6) is 0 Å². The highest BCUT2D eigenvalue weighted by Crippen LogP contribution is 2.32. The SMILES string of the molecule is Brc1cccc(-c2cccc(-c3cccc(-c4ccc(-c5cccc(-c6ccccn6)c5)cc4)c3)c2)c1. The molecular formula is C35H24BrN. The van der Waals surface area contributed by atoms with Gasteiger partial charge in [-0.1, -0.05) is 113 Å². The molecule has 0 amide bonds. The van der Waals surface area contributed by atoms with Crippen molar-refractivity contribution in [1.29, 1.82) is 0 Å². The summed E-state index contributed by atoms with van der Waals surface area (Å²) in [5.74, 6) is 0. The highest BCUT2D eigenvalue weighted by molar-refractivity contribution is 9.10. The van der Waals surface area contributed by atoms with E-state index < -0.39 is 0 Å². The molecule has 0 spiro atoms. The molecule has 0 fully saturated rings. The Morgan fingerprint density at radius 2 is 0.784 bits per heavy atom. The number of pyridine rings is 1. The van der Waals surface area contributed by atoms with Gasteiger partial charge >= 0.3 is 0 Å². The lowest BCUT2D eigenvalue weighted by Gasteiger charge is -2.10. The van der Waals surface area contributed by atoms with Gasteiger partial charge in [-0.25, -0.2) is 0 Å². The maximum Gasteiger partial charge on any atom is 0.0702 e. The summed E-state index contributed by atoms with van der Waals surface area (Å²) in [5.41, 5.74) is 11.7. The van der Waals surface area contributed by atoms with E-state index in [4.69, 9.17) is 0 Å². The largest absolute Gasteiger partial charge is 0.256 e. The molecule has 5 aromatic carbocycles. The fourth-order valence-corrected chi connectivity index (χ4v) is 5.07. The zero-order valence-electron chi connectivity index (χ0n) is 20.2. The van der Waals surface area contributed by atoms with Crippen LogP contribution in [0.1, 0.15) is 0 Å². The van der Waals surface area contributed by atoms with Crippen molar-refractivity contribution in [2.45, 2.75) is 0 Å². The van der Waals surface area contributed by atoms with Crippen LogP contribution in [0.2, 0.25) is 0 Å². The van der Waals surface area contributed by atoms with E-state index in [1.165, 1.54) is 44.5 Å². The van der Waals surface area contributed by atoms with E-state index in [9.17, 15) is 0 Å². The van der Waals surface area contributed by atoms with Crippen molar-refractivity contribution in [3.63, 3.8) is 0 Å². The topological polar surface area (TPSA) is 12.9 Å². The Hall–Kier alpha value is -4.27. The van der Waals surface area contributed by atoms with Gasteiger partial charge in [0.1, 0.15) is 0 Å². The predicted molar refractivity (Wildman–Crippen MR) is 159 cm³/mol. The van der Waals surface area contributed by atoms with E-state index in [1.807, 2.05) is 24.4 Å². The molecule has 0 bridgehead atoms. The summed E-state index contributed by atoms with van der Waals surface area (Å²) in [4.78, 5) is 4.50. The molecule has 0 aliphatic heterocycles. The monoisotopic (exact) mass is 537 g/mol. The molecule has 0 saturated carbocycles. The lowest BCUT2D eigenvalue weighted by atomic mass is 9.95. The van der Waals surface area contributed by atoms with E-state index in [2.05, 4.69) is 142 Å². The third kappa shape index (κ3) is 5.16. The second-order valence-electron chi connectivity index (χ2n) is 9.05. The first-order valence-corrected chi connectivity index (χ1v) is 13.1. The normalized spacial score (nSPS) is 10.8. The number of benzene rings is 5. The van der Waals surface area contributed by atoms with Crippen LogP contribution in [-0.2, 0) is 0 Å². The van der Waals surface area contributed by atoms with Crippen LogP contribution in [0.4, 0.5) is 0 Å². The maximum atomic E-state index is 4.50. The molecule has 1 nitrogen and oxygen atoms in total. The van der Waals surface area contributed by atoms with Crippen molar-refractivity contribution in [3.05, 3.63) is 150 Å². The Labute approximate surface area is 226 Å². The molecule has 37 heavy (non-hydrogen) atoms. The Bertz CT molecular complexity index is 1670. The summed E-state index contributed by atoms with van der Waals surface area (Å²) in [6, 6.07) is 49.3. The van der Waals surface area contributed by atoms with E-state index in [0.717, 1.165) is 15.7 Å². The van der Waals surface area contributed by atoms with Crippen LogP contribution in [-0.4, -0.2) is 4.98 Å². The highest BCUT2D eigenvalue weighted by atomic mass is 79.9. The quantitative estimate of drug-likeness (QED) is 0.213. The number of halogens is 1.